The second kappa shape index (κ2) is 8.32. The third-order valence-corrected chi connectivity index (χ3v) is 4.17. The summed E-state index contributed by atoms with van der Waals surface area (Å²) < 4.78 is 8.17. The van der Waals surface area contributed by atoms with Crippen LogP contribution in [0, 0.1) is 11.3 Å². The fourth-order valence-electron chi connectivity index (χ4n) is 2.47. The molecule has 0 aliphatic rings. The highest BCUT2D eigenvalue weighted by Crippen LogP contribution is 2.19. The maximum absolute atomic E-state index is 11.8. The zero-order valence-corrected chi connectivity index (χ0v) is 15.3. The highest BCUT2D eigenvalue weighted by Gasteiger charge is 2.06. The summed E-state index contributed by atoms with van der Waals surface area (Å²) in [5.74, 6) is 0.247. The van der Waals surface area contributed by atoms with Crippen LogP contribution >= 0.6 is 15.9 Å². The number of aromatic nitrogens is 1. The number of amides is 1. The summed E-state index contributed by atoms with van der Waals surface area (Å²) in [4.78, 5) is 11.8. The second-order valence-corrected chi connectivity index (χ2v) is 6.34. The zero-order chi connectivity index (χ0) is 18.4. The van der Waals surface area contributed by atoms with E-state index >= 15 is 0 Å². The number of nitriles is 1. The fourth-order valence-corrected chi connectivity index (χ4v) is 2.74. The number of hydrogen-bond donors (Lipinski definition) is 1. The van der Waals surface area contributed by atoms with Crippen LogP contribution in [0.25, 0.3) is 10.9 Å². The van der Waals surface area contributed by atoms with Gasteiger partial charge in [-0.25, -0.2) is 5.43 Å². The van der Waals surface area contributed by atoms with Crippen molar-refractivity contribution >= 4 is 39.0 Å². The zero-order valence-electron chi connectivity index (χ0n) is 13.7. The molecule has 0 aliphatic carbocycles. The van der Waals surface area contributed by atoms with Crippen LogP contribution in [-0.2, 0) is 11.3 Å². The molecule has 26 heavy (non-hydrogen) atoms. The van der Waals surface area contributed by atoms with Gasteiger partial charge in [-0.05, 0) is 30.3 Å². The molecule has 130 valence electrons. The Morgan fingerprint density at radius 3 is 2.81 bits per heavy atom. The number of nitrogens with zero attached hydrogens (tertiary/aromatic N) is 3. The highest BCUT2D eigenvalue weighted by molar-refractivity contribution is 9.10. The first-order chi connectivity index (χ1) is 12.7. The van der Waals surface area contributed by atoms with Crippen LogP contribution in [-0.4, -0.2) is 23.3 Å². The Bertz CT molecular complexity index is 987. The Morgan fingerprint density at radius 1 is 1.27 bits per heavy atom. The van der Waals surface area contributed by atoms with E-state index in [1.165, 1.54) is 0 Å². The Labute approximate surface area is 158 Å². The van der Waals surface area contributed by atoms with Crippen molar-refractivity contribution in [2.75, 3.05) is 6.61 Å². The van der Waals surface area contributed by atoms with E-state index in [9.17, 15) is 4.79 Å². The average Bonchev–Trinajstić information content (AvgIpc) is 3.00. The summed E-state index contributed by atoms with van der Waals surface area (Å²) in [6.45, 7) is 0.122. The topological polar surface area (TPSA) is 79.4 Å². The van der Waals surface area contributed by atoms with E-state index in [0.717, 1.165) is 20.9 Å². The molecule has 0 spiro atoms. The molecule has 7 heteroatoms. The number of hydrogen-bond acceptors (Lipinski definition) is 4. The first-order valence-corrected chi connectivity index (χ1v) is 8.62. The van der Waals surface area contributed by atoms with Crippen LogP contribution in [0.1, 0.15) is 5.56 Å². The third kappa shape index (κ3) is 4.29. The first kappa shape index (κ1) is 17.7. The smallest absolute Gasteiger partial charge is 0.277 e. The van der Waals surface area contributed by atoms with Crippen molar-refractivity contribution in [3.8, 4) is 11.8 Å². The predicted molar refractivity (Wildman–Crippen MR) is 103 cm³/mol. The van der Waals surface area contributed by atoms with E-state index < -0.39 is 0 Å². The lowest BCUT2D eigenvalue weighted by Gasteiger charge is -2.04. The summed E-state index contributed by atoms with van der Waals surface area (Å²) in [6, 6.07) is 17.1. The van der Waals surface area contributed by atoms with E-state index in [1.54, 1.807) is 18.3 Å². The number of fused-ring (bicyclic) bond motifs is 1. The van der Waals surface area contributed by atoms with Crippen molar-refractivity contribution in [3.05, 3.63) is 64.8 Å². The Morgan fingerprint density at radius 2 is 2.04 bits per heavy atom. The lowest BCUT2D eigenvalue weighted by atomic mass is 10.2. The van der Waals surface area contributed by atoms with Gasteiger partial charge in [0.1, 0.15) is 12.3 Å². The molecule has 2 aromatic carbocycles. The van der Waals surface area contributed by atoms with Crippen LogP contribution in [0.3, 0.4) is 0 Å². The van der Waals surface area contributed by atoms with E-state index in [-0.39, 0.29) is 19.1 Å². The van der Waals surface area contributed by atoms with Crippen molar-refractivity contribution in [1.29, 1.82) is 5.26 Å². The molecule has 1 N–H and O–H groups in total. The molecule has 1 amide bonds. The van der Waals surface area contributed by atoms with E-state index in [2.05, 4.69) is 32.5 Å². The van der Waals surface area contributed by atoms with Crippen molar-refractivity contribution < 1.29 is 9.53 Å². The van der Waals surface area contributed by atoms with Crippen LogP contribution in [0.4, 0.5) is 0 Å². The van der Waals surface area contributed by atoms with Gasteiger partial charge in [0.25, 0.3) is 5.91 Å². The molecule has 0 saturated heterocycles. The lowest BCUT2D eigenvalue weighted by Crippen LogP contribution is -2.24. The standard InChI is InChI=1S/C19H15BrN4O2/c20-15-5-7-16(8-6-15)26-13-19(25)23-22-11-14-12-24(10-9-21)18-4-2-1-3-17(14)18/h1-8,11-12H,10,13H2,(H,23,25). The monoisotopic (exact) mass is 410 g/mol. The van der Waals surface area contributed by atoms with Crippen LogP contribution in [0.2, 0.25) is 0 Å². The third-order valence-electron chi connectivity index (χ3n) is 3.64. The van der Waals surface area contributed by atoms with Gasteiger partial charge in [-0.1, -0.05) is 34.1 Å². The van der Waals surface area contributed by atoms with Gasteiger partial charge >= 0.3 is 0 Å². The van der Waals surface area contributed by atoms with Gasteiger partial charge in [-0.2, -0.15) is 10.4 Å². The molecule has 1 heterocycles. The highest BCUT2D eigenvalue weighted by atomic mass is 79.9. The molecular formula is C19H15BrN4O2. The lowest BCUT2D eigenvalue weighted by molar-refractivity contribution is -0.123. The molecule has 6 nitrogen and oxygen atoms in total. The molecule has 0 aliphatic heterocycles. The Balaban J connectivity index is 1.61. The van der Waals surface area contributed by atoms with Gasteiger partial charge < -0.3 is 9.30 Å². The Hall–Kier alpha value is -3.11. The number of hydrazone groups is 1. The van der Waals surface area contributed by atoms with Crippen molar-refractivity contribution in [3.63, 3.8) is 0 Å². The maximum atomic E-state index is 11.8. The van der Waals surface area contributed by atoms with Gasteiger partial charge in [0.15, 0.2) is 6.61 Å². The molecule has 0 bridgehead atoms. The minimum Gasteiger partial charge on any atom is -0.484 e. The van der Waals surface area contributed by atoms with E-state index in [4.69, 9.17) is 10.00 Å². The summed E-state index contributed by atoms with van der Waals surface area (Å²) >= 11 is 3.34. The maximum Gasteiger partial charge on any atom is 0.277 e. The van der Waals surface area contributed by atoms with Gasteiger partial charge in [0, 0.05) is 27.1 Å². The minimum absolute atomic E-state index is 0.130. The number of carbonyl (C=O) groups is 1. The number of rotatable bonds is 6. The van der Waals surface area contributed by atoms with Crippen molar-refractivity contribution in [1.82, 2.24) is 9.99 Å². The number of halogens is 1. The van der Waals surface area contributed by atoms with Crippen LogP contribution in [0.5, 0.6) is 5.75 Å². The molecule has 0 radical (unpaired) electrons. The summed E-state index contributed by atoms with van der Waals surface area (Å²) in [7, 11) is 0. The van der Waals surface area contributed by atoms with Crippen LogP contribution in [0.15, 0.2) is 64.3 Å². The summed E-state index contributed by atoms with van der Waals surface area (Å²) in [5, 5.41) is 13.9. The average molecular weight is 411 g/mol. The molecule has 3 aromatic rings. The van der Waals surface area contributed by atoms with Gasteiger partial charge in [-0.15, -0.1) is 0 Å². The molecular weight excluding hydrogens is 396 g/mol. The first-order valence-electron chi connectivity index (χ1n) is 7.82. The number of nitrogens with one attached hydrogen (secondary N) is 1. The predicted octanol–water partition coefficient (Wildman–Crippen LogP) is 3.46. The van der Waals surface area contributed by atoms with Gasteiger partial charge in [0.2, 0.25) is 0 Å². The Kier molecular flexibility index (Phi) is 5.66. The van der Waals surface area contributed by atoms with Crippen LogP contribution < -0.4 is 10.2 Å². The molecule has 0 fully saturated rings. The fraction of sp³-hybridized carbons (Fsp3) is 0.105. The molecule has 1 aromatic heterocycles. The number of ether oxygens (including phenoxy) is 1. The van der Waals surface area contributed by atoms with Gasteiger partial charge in [0.05, 0.1) is 12.3 Å². The second-order valence-electron chi connectivity index (χ2n) is 5.42. The molecule has 0 unspecified atom stereocenters. The van der Waals surface area contributed by atoms with E-state index in [1.807, 2.05) is 47.2 Å². The molecule has 3 rings (SSSR count). The summed E-state index contributed by atoms with van der Waals surface area (Å²) in [5.41, 5.74) is 4.21. The summed E-state index contributed by atoms with van der Waals surface area (Å²) in [6.07, 6.45) is 3.40. The van der Waals surface area contributed by atoms with E-state index in [0.29, 0.717) is 5.75 Å². The van der Waals surface area contributed by atoms with Crippen molar-refractivity contribution in [2.45, 2.75) is 6.54 Å². The van der Waals surface area contributed by atoms with Crippen molar-refractivity contribution in [2.24, 2.45) is 5.10 Å². The van der Waals surface area contributed by atoms with Gasteiger partial charge in [-0.3, -0.25) is 4.79 Å². The quantitative estimate of drug-likeness (QED) is 0.499. The SMILES string of the molecule is N#CCn1cc(C=NNC(=O)COc2ccc(Br)cc2)c2ccccc21. The largest absolute Gasteiger partial charge is 0.484 e. The molecule has 0 saturated carbocycles. The number of para-hydroxylation sites is 1. The molecule has 0 atom stereocenters. The minimum atomic E-state index is -0.357. The number of carbonyl (C=O) groups excluding carboxylic acids is 1. The normalized spacial score (nSPS) is 10.8. The number of benzene rings is 2.